The van der Waals surface area contributed by atoms with Crippen molar-refractivity contribution in [3.63, 3.8) is 0 Å². The highest BCUT2D eigenvalue weighted by Crippen LogP contribution is 2.27. The molecule has 1 saturated heterocycles. The zero-order valence-electron chi connectivity index (χ0n) is 9.96. The van der Waals surface area contributed by atoms with Crippen molar-refractivity contribution in [1.29, 1.82) is 0 Å². The summed E-state index contributed by atoms with van der Waals surface area (Å²) in [6.07, 6.45) is 5.77. The maximum Gasteiger partial charge on any atom is 0.171 e. The molecule has 1 aliphatic rings. The number of halogens is 1. The van der Waals surface area contributed by atoms with Crippen LogP contribution < -0.4 is 10.0 Å². The van der Waals surface area contributed by atoms with E-state index in [1.807, 2.05) is 20.2 Å². The fraction of sp³-hybridized carbons (Fsp3) is 0.583. The lowest BCUT2D eigenvalue weighted by Gasteiger charge is -2.39. The molecule has 0 saturated carbocycles. The molecule has 1 aromatic rings. The zero-order chi connectivity index (χ0) is 11.6. The third-order valence-electron chi connectivity index (χ3n) is 3.50. The molecule has 4 heteroatoms. The second-order valence-corrected chi connectivity index (χ2v) is 4.86. The molecule has 0 aliphatic carbocycles. The number of piperidine rings is 1. The van der Waals surface area contributed by atoms with Crippen LogP contribution >= 0.6 is 11.6 Å². The third kappa shape index (κ3) is 2.08. The van der Waals surface area contributed by atoms with Crippen molar-refractivity contribution in [1.82, 2.24) is 15.0 Å². The first kappa shape index (κ1) is 11.8. The SMILES string of the molecule is CN[N+]1(c2cnc(Cl)c(C)c2)CCCCC1. The minimum absolute atomic E-state index is 0.606. The molecule has 0 spiro atoms. The molecule has 3 nitrogen and oxygen atoms in total. The number of hydrogen-bond donors (Lipinski definition) is 1. The van der Waals surface area contributed by atoms with Gasteiger partial charge in [0.1, 0.15) is 18.2 Å². The summed E-state index contributed by atoms with van der Waals surface area (Å²) in [5.74, 6) is 0. The first-order valence-electron chi connectivity index (χ1n) is 5.87. The maximum atomic E-state index is 5.97. The fourth-order valence-electron chi connectivity index (χ4n) is 2.44. The van der Waals surface area contributed by atoms with Crippen LogP contribution in [0.15, 0.2) is 12.3 Å². The van der Waals surface area contributed by atoms with Crippen molar-refractivity contribution >= 4 is 17.3 Å². The monoisotopic (exact) mass is 240 g/mol. The van der Waals surface area contributed by atoms with Crippen LogP contribution in [0, 0.1) is 6.92 Å². The number of nitrogens with one attached hydrogen (secondary N) is 1. The molecular formula is C12H19ClN3+. The normalized spacial score (nSPS) is 19.7. The zero-order valence-corrected chi connectivity index (χ0v) is 10.7. The van der Waals surface area contributed by atoms with E-state index in [4.69, 9.17) is 11.6 Å². The number of aromatic nitrogens is 1. The van der Waals surface area contributed by atoms with E-state index in [1.165, 1.54) is 24.9 Å². The van der Waals surface area contributed by atoms with Crippen LogP contribution in [0.25, 0.3) is 0 Å². The summed E-state index contributed by atoms with van der Waals surface area (Å²) in [5.41, 5.74) is 5.71. The molecular weight excluding hydrogens is 222 g/mol. The van der Waals surface area contributed by atoms with Gasteiger partial charge < -0.3 is 0 Å². The number of nitrogens with zero attached hydrogens (tertiary/aromatic N) is 2. The number of hydrogen-bond acceptors (Lipinski definition) is 2. The third-order valence-corrected chi connectivity index (χ3v) is 3.90. The first-order valence-corrected chi connectivity index (χ1v) is 6.24. The summed E-state index contributed by atoms with van der Waals surface area (Å²) in [6.45, 7) is 4.29. The molecule has 0 bridgehead atoms. The van der Waals surface area contributed by atoms with E-state index < -0.39 is 0 Å². The summed E-state index contributed by atoms with van der Waals surface area (Å²) >= 11 is 5.97. The van der Waals surface area contributed by atoms with Crippen molar-refractivity contribution in [2.75, 3.05) is 20.1 Å². The largest absolute Gasteiger partial charge is 0.238 e. The Morgan fingerprint density at radius 1 is 1.31 bits per heavy atom. The van der Waals surface area contributed by atoms with Crippen LogP contribution in [0.2, 0.25) is 5.15 Å². The van der Waals surface area contributed by atoms with E-state index >= 15 is 0 Å². The van der Waals surface area contributed by atoms with Crippen molar-refractivity contribution in [2.45, 2.75) is 26.2 Å². The lowest BCUT2D eigenvalue weighted by molar-refractivity contribution is 0.173. The molecule has 2 heterocycles. The fourth-order valence-corrected chi connectivity index (χ4v) is 2.54. The van der Waals surface area contributed by atoms with Gasteiger partial charge in [-0.25, -0.2) is 9.58 Å². The van der Waals surface area contributed by atoms with Crippen molar-refractivity contribution < 1.29 is 0 Å². The van der Waals surface area contributed by atoms with Gasteiger partial charge >= 0.3 is 0 Å². The van der Waals surface area contributed by atoms with Crippen LogP contribution in [-0.4, -0.2) is 25.1 Å². The Bertz CT molecular complexity index is 373. The topological polar surface area (TPSA) is 24.9 Å². The first-order chi connectivity index (χ1) is 7.68. The second-order valence-electron chi connectivity index (χ2n) is 4.50. The van der Waals surface area contributed by atoms with Gasteiger partial charge in [-0.3, -0.25) is 0 Å². The van der Waals surface area contributed by atoms with Crippen LogP contribution in [0.4, 0.5) is 5.69 Å². The smallest absolute Gasteiger partial charge is 0.171 e. The highest BCUT2D eigenvalue weighted by molar-refractivity contribution is 6.30. The van der Waals surface area contributed by atoms with Crippen LogP contribution in [-0.2, 0) is 0 Å². The van der Waals surface area contributed by atoms with Crippen molar-refractivity contribution in [3.05, 3.63) is 23.0 Å². The van der Waals surface area contributed by atoms with E-state index in [1.54, 1.807) is 0 Å². The predicted molar refractivity (Wildman–Crippen MR) is 68.4 cm³/mol. The average Bonchev–Trinajstić information content (AvgIpc) is 2.33. The van der Waals surface area contributed by atoms with Gasteiger partial charge in [-0.1, -0.05) is 11.6 Å². The molecule has 1 N–H and O–H groups in total. The lowest BCUT2D eigenvalue weighted by Crippen LogP contribution is -2.60. The molecule has 1 fully saturated rings. The quantitative estimate of drug-likeness (QED) is 0.635. The number of quaternary nitrogens is 1. The van der Waals surface area contributed by atoms with Gasteiger partial charge in [0.05, 0.1) is 6.20 Å². The van der Waals surface area contributed by atoms with E-state index in [9.17, 15) is 0 Å². The van der Waals surface area contributed by atoms with Gasteiger partial charge in [-0.2, -0.15) is 5.43 Å². The Kier molecular flexibility index (Phi) is 3.47. The minimum atomic E-state index is 0.606. The van der Waals surface area contributed by atoms with Gasteiger partial charge in [0.25, 0.3) is 0 Å². The number of aryl methyl sites for hydroxylation is 1. The highest BCUT2D eigenvalue weighted by atomic mass is 35.5. The average molecular weight is 241 g/mol. The molecule has 0 radical (unpaired) electrons. The summed E-state index contributed by atoms with van der Waals surface area (Å²) in [6, 6.07) is 2.15. The molecule has 88 valence electrons. The molecule has 0 atom stereocenters. The number of pyridine rings is 1. The Morgan fingerprint density at radius 2 is 2.00 bits per heavy atom. The second kappa shape index (κ2) is 4.70. The van der Waals surface area contributed by atoms with Gasteiger partial charge in [-0.05, 0) is 31.7 Å². The highest BCUT2D eigenvalue weighted by Gasteiger charge is 2.32. The molecule has 16 heavy (non-hydrogen) atoms. The summed E-state index contributed by atoms with van der Waals surface area (Å²) in [7, 11) is 2.02. The van der Waals surface area contributed by atoms with E-state index in [-0.39, 0.29) is 0 Å². The van der Waals surface area contributed by atoms with E-state index in [0.29, 0.717) is 5.15 Å². The van der Waals surface area contributed by atoms with Gasteiger partial charge in [0.2, 0.25) is 0 Å². The maximum absolute atomic E-state index is 5.97. The van der Waals surface area contributed by atoms with Gasteiger partial charge in [-0.15, -0.1) is 0 Å². The summed E-state index contributed by atoms with van der Waals surface area (Å²) in [4.78, 5) is 4.26. The Morgan fingerprint density at radius 3 is 2.56 bits per heavy atom. The molecule has 1 aromatic heterocycles. The van der Waals surface area contributed by atoms with E-state index in [2.05, 4.69) is 16.5 Å². The minimum Gasteiger partial charge on any atom is -0.238 e. The van der Waals surface area contributed by atoms with Gasteiger partial charge in [0, 0.05) is 13.1 Å². The standard InChI is InChI=1S/C12H19ClN3/c1-10-8-11(9-15-12(10)13)16(14-2)6-4-3-5-7-16/h8-9,14H,3-7H2,1-2H3/q+1. The Hall–Kier alpha value is -0.640. The Balaban J connectivity index is 2.35. The van der Waals surface area contributed by atoms with Crippen molar-refractivity contribution in [2.24, 2.45) is 0 Å². The van der Waals surface area contributed by atoms with Gasteiger partial charge in [0.15, 0.2) is 5.69 Å². The Labute approximate surface area is 102 Å². The summed E-state index contributed by atoms with van der Waals surface area (Å²) in [5, 5.41) is 0.606. The molecule has 0 unspecified atom stereocenters. The van der Waals surface area contributed by atoms with E-state index in [0.717, 1.165) is 23.2 Å². The summed E-state index contributed by atoms with van der Waals surface area (Å²) < 4.78 is 0.838. The molecule has 2 rings (SSSR count). The van der Waals surface area contributed by atoms with Crippen LogP contribution in [0.5, 0.6) is 0 Å². The molecule has 0 aromatic carbocycles. The number of rotatable bonds is 2. The molecule has 0 amide bonds. The lowest BCUT2D eigenvalue weighted by atomic mass is 10.1. The van der Waals surface area contributed by atoms with Crippen molar-refractivity contribution in [3.8, 4) is 0 Å². The molecule has 1 aliphatic heterocycles. The van der Waals surface area contributed by atoms with Crippen LogP contribution in [0.1, 0.15) is 24.8 Å². The predicted octanol–water partition coefficient (Wildman–Crippen LogP) is 2.67. The van der Waals surface area contributed by atoms with Crippen LogP contribution in [0.3, 0.4) is 0 Å².